The van der Waals surface area contributed by atoms with E-state index in [0.717, 1.165) is 0 Å². The van der Waals surface area contributed by atoms with E-state index in [4.69, 9.17) is 0 Å². The smallest absolute Gasteiger partial charge is 0 e. The largest absolute Gasteiger partial charge is 0.358 e. The Labute approximate surface area is 52.5 Å². The van der Waals surface area contributed by atoms with Crippen molar-refractivity contribution >= 4 is 0 Å². The van der Waals surface area contributed by atoms with Crippen LogP contribution in [-0.4, -0.2) is 0 Å². The van der Waals surface area contributed by atoms with Gasteiger partial charge in [0.1, 0.15) is 0 Å². The molecule has 0 atom stereocenters. The van der Waals surface area contributed by atoms with E-state index in [9.17, 15) is 0 Å². The van der Waals surface area contributed by atoms with Crippen molar-refractivity contribution in [3.8, 4) is 0 Å². The minimum atomic E-state index is 0. The molecule has 0 aliphatic carbocycles. The molecule has 0 N–H and O–H groups in total. The average molecular weight is 153 g/mol. The van der Waals surface area contributed by atoms with Gasteiger partial charge in [0, 0.05) is 22.4 Å². The van der Waals surface area contributed by atoms with E-state index in [1.165, 1.54) is 0 Å². The second kappa shape index (κ2) is 121. The summed E-state index contributed by atoms with van der Waals surface area (Å²) < 4.78 is 0. The maximum atomic E-state index is 0. The third kappa shape index (κ3) is 65.0. The molecule has 0 aromatic rings. The molecule has 5 heavy (non-hydrogen) atoms. The SMILES string of the molecule is [CH3-].[CH3-].[CH3-].[CH3-].[Nb]. The van der Waals surface area contributed by atoms with Gasteiger partial charge in [-0.05, 0) is 0 Å². The zero-order valence-corrected chi connectivity index (χ0v) is 6.65. The van der Waals surface area contributed by atoms with Crippen LogP contribution in [0.2, 0.25) is 0 Å². The average Bonchev–Trinajstić information content (AvgIpc) is 0. The normalized spacial score (nSPS) is 0. The van der Waals surface area contributed by atoms with E-state index in [0.29, 0.717) is 0 Å². The minimum absolute atomic E-state index is 0. The topological polar surface area (TPSA) is 0 Å². The molecule has 0 fully saturated rings. The third-order valence-electron chi connectivity index (χ3n) is 0. The predicted octanol–water partition coefficient (Wildman–Crippen LogP) is 1.80. The van der Waals surface area contributed by atoms with Gasteiger partial charge in [0.05, 0.1) is 0 Å². The Hall–Kier alpha value is 0.740. The van der Waals surface area contributed by atoms with Crippen LogP contribution in [0.4, 0.5) is 0 Å². The summed E-state index contributed by atoms with van der Waals surface area (Å²) in [6, 6.07) is 0. The second-order valence-corrected chi connectivity index (χ2v) is 0. The van der Waals surface area contributed by atoms with Gasteiger partial charge >= 0.3 is 0 Å². The van der Waals surface area contributed by atoms with Crippen molar-refractivity contribution in [2.45, 2.75) is 0 Å². The van der Waals surface area contributed by atoms with Gasteiger partial charge in [-0.1, -0.05) is 0 Å². The molecule has 0 aliphatic heterocycles. The molecule has 0 saturated carbocycles. The van der Waals surface area contributed by atoms with Crippen molar-refractivity contribution < 1.29 is 22.4 Å². The third-order valence-corrected chi connectivity index (χ3v) is 0. The van der Waals surface area contributed by atoms with Crippen LogP contribution >= 0.6 is 0 Å². The summed E-state index contributed by atoms with van der Waals surface area (Å²) in [5, 5.41) is 0. The molecule has 0 rings (SSSR count). The molecule has 0 nitrogen and oxygen atoms in total. The minimum Gasteiger partial charge on any atom is -0.358 e. The van der Waals surface area contributed by atoms with E-state index in [2.05, 4.69) is 0 Å². The van der Waals surface area contributed by atoms with Crippen LogP contribution < -0.4 is 0 Å². The Morgan fingerprint density at radius 2 is 0.400 bits per heavy atom. The molecule has 0 unspecified atom stereocenters. The second-order valence-electron chi connectivity index (χ2n) is 0. The Kier molecular flexibility index (Phi) is 5700. The van der Waals surface area contributed by atoms with Crippen molar-refractivity contribution in [2.24, 2.45) is 0 Å². The Morgan fingerprint density at radius 1 is 0.400 bits per heavy atom. The fourth-order valence-corrected chi connectivity index (χ4v) is 0. The molecule has 0 heterocycles. The van der Waals surface area contributed by atoms with Gasteiger partial charge in [-0.2, -0.15) is 0 Å². The van der Waals surface area contributed by atoms with Crippen LogP contribution in [0.3, 0.4) is 0 Å². The maximum absolute atomic E-state index is 0. The zero-order valence-electron chi connectivity index (χ0n) is 4.45. The van der Waals surface area contributed by atoms with Crippen LogP contribution in [0.5, 0.6) is 0 Å². The summed E-state index contributed by atoms with van der Waals surface area (Å²) in [5.74, 6) is 0. The fourth-order valence-electron chi connectivity index (χ4n) is 0. The molecule has 0 aromatic heterocycles. The molecule has 0 bridgehead atoms. The Morgan fingerprint density at radius 3 is 0.400 bits per heavy atom. The maximum Gasteiger partial charge on any atom is 0 e. The Balaban J connectivity index is 0. The van der Waals surface area contributed by atoms with Gasteiger partial charge in [0.2, 0.25) is 0 Å². The van der Waals surface area contributed by atoms with Gasteiger partial charge in [0.25, 0.3) is 0 Å². The van der Waals surface area contributed by atoms with Gasteiger partial charge in [-0.25, -0.2) is 0 Å². The van der Waals surface area contributed by atoms with Crippen LogP contribution in [0.1, 0.15) is 0 Å². The Bertz CT molecular complexity index is 3.61. The first kappa shape index (κ1) is 235. The summed E-state index contributed by atoms with van der Waals surface area (Å²) in [6.45, 7) is 0. The van der Waals surface area contributed by atoms with Crippen molar-refractivity contribution in [2.75, 3.05) is 0 Å². The summed E-state index contributed by atoms with van der Waals surface area (Å²) >= 11 is 0. The fraction of sp³-hybridized carbons (Fsp3) is 0. The monoisotopic (exact) mass is 153 g/mol. The summed E-state index contributed by atoms with van der Waals surface area (Å²) in [5.41, 5.74) is 0. The molecule has 37 valence electrons. The van der Waals surface area contributed by atoms with E-state index >= 15 is 0 Å². The van der Waals surface area contributed by atoms with E-state index in [-0.39, 0.29) is 52.1 Å². The van der Waals surface area contributed by atoms with Gasteiger partial charge in [0.15, 0.2) is 0 Å². The summed E-state index contributed by atoms with van der Waals surface area (Å²) in [4.78, 5) is 0. The van der Waals surface area contributed by atoms with Crippen LogP contribution in [0.15, 0.2) is 0 Å². The first-order valence-electron chi connectivity index (χ1n) is 0. The van der Waals surface area contributed by atoms with Crippen LogP contribution in [-0.2, 0) is 22.4 Å². The van der Waals surface area contributed by atoms with Gasteiger partial charge < -0.3 is 29.7 Å². The molecule has 0 aromatic carbocycles. The summed E-state index contributed by atoms with van der Waals surface area (Å²) in [6.07, 6.45) is 0. The molecule has 1 heteroatoms. The van der Waals surface area contributed by atoms with Gasteiger partial charge in [-0.15, -0.1) is 0 Å². The van der Waals surface area contributed by atoms with Crippen molar-refractivity contribution in [1.29, 1.82) is 0 Å². The summed E-state index contributed by atoms with van der Waals surface area (Å²) in [7, 11) is 0. The van der Waals surface area contributed by atoms with Crippen LogP contribution in [0.25, 0.3) is 0 Å². The molecular weight excluding hydrogens is 141 g/mol. The quantitative estimate of drug-likeness (QED) is 0.367. The van der Waals surface area contributed by atoms with Crippen molar-refractivity contribution in [3.05, 3.63) is 29.7 Å². The molecular formula is C4H12Nb-4. The van der Waals surface area contributed by atoms with E-state index in [1.807, 2.05) is 0 Å². The number of rotatable bonds is 0. The molecule has 1 radical (unpaired) electrons. The number of hydrogen-bond acceptors (Lipinski definition) is 0. The first-order chi connectivity index (χ1) is 0. The first-order valence-corrected chi connectivity index (χ1v) is 0. The zero-order chi connectivity index (χ0) is 0. The molecule has 0 aliphatic rings. The standard InChI is InChI=1S/4CH3.Nb/h4*1H3;/q4*-1;. The van der Waals surface area contributed by atoms with Gasteiger partial charge in [-0.3, -0.25) is 0 Å². The van der Waals surface area contributed by atoms with Crippen LogP contribution in [0, 0.1) is 29.7 Å². The molecule has 0 amide bonds. The van der Waals surface area contributed by atoms with Crippen molar-refractivity contribution in [1.82, 2.24) is 0 Å². The molecule has 0 saturated heterocycles. The predicted molar refractivity (Wildman–Crippen MR) is 25.7 cm³/mol. The van der Waals surface area contributed by atoms with Crippen molar-refractivity contribution in [3.63, 3.8) is 0 Å². The van der Waals surface area contributed by atoms with E-state index in [1.54, 1.807) is 0 Å². The van der Waals surface area contributed by atoms with E-state index < -0.39 is 0 Å². The molecule has 0 spiro atoms. The number of hydrogen-bond donors (Lipinski definition) is 0.